The second kappa shape index (κ2) is 4.14. The number of nitrogens with one attached hydrogen (secondary N) is 1. The first-order valence-electron chi connectivity index (χ1n) is 4.40. The molecule has 0 spiro atoms. The lowest BCUT2D eigenvalue weighted by atomic mass is 10.4. The van der Waals surface area contributed by atoms with E-state index in [1.54, 1.807) is 17.4 Å². The summed E-state index contributed by atoms with van der Waals surface area (Å²) in [6.45, 7) is 0.716. The minimum atomic E-state index is 0.184. The summed E-state index contributed by atoms with van der Waals surface area (Å²) in [5, 5.41) is 5.16. The third-order valence-corrected chi connectivity index (χ3v) is 2.66. The summed E-state index contributed by atoms with van der Waals surface area (Å²) in [5.74, 6) is 1.20. The van der Waals surface area contributed by atoms with E-state index in [2.05, 4.69) is 15.3 Å². The second-order valence-electron chi connectivity index (χ2n) is 2.97. The number of nitrogens with zero attached hydrogens (tertiary/aromatic N) is 2. The Balaban J connectivity index is 2.05. The van der Waals surface area contributed by atoms with Gasteiger partial charge in [0.05, 0.1) is 6.54 Å². The molecule has 0 aliphatic carbocycles. The Morgan fingerprint density at radius 2 is 2.20 bits per heavy atom. The van der Waals surface area contributed by atoms with Crippen LogP contribution in [0.25, 0.3) is 0 Å². The molecule has 78 valence electrons. The van der Waals surface area contributed by atoms with Gasteiger partial charge in [-0.2, -0.15) is 9.97 Å². The van der Waals surface area contributed by atoms with Crippen LogP contribution in [0.5, 0.6) is 0 Å². The zero-order chi connectivity index (χ0) is 10.7. The minimum absolute atomic E-state index is 0.184. The third kappa shape index (κ3) is 2.57. The average Bonchev–Trinajstić information content (AvgIpc) is 2.65. The van der Waals surface area contributed by atoms with E-state index in [1.165, 1.54) is 4.88 Å². The van der Waals surface area contributed by atoms with Crippen LogP contribution >= 0.6 is 11.3 Å². The molecule has 0 radical (unpaired) electrons. The second-order valence-corrected chi connectivity index (χ2v) is 4.00. The zero-order valence-corrected chi connectivity index (χ0v) is 8.79. The molecule has 5 N–H and O–H groups in total. The van der Waals surface area contributed by atoms with Crippen molar-refractivity contribution in [1.29, 1.82) is 0 Å². The van der Waals surface area contributed by atoms with Crippen LogP contribution in [0.15, 0.2) is 23.6 Å². The first-order chi connectivity index (χ1) is 7.24. The molecular weight excluding hydrogens is 210 g/mol. The van der Waals surface area contributed by atoms with Gasteiger partial charge in [0.2, 0.25) is 5.95 Å². The molecule has 0 aliphatic rings. The summed E-state index contributed by atoms with van der Waals surface area (Å²) < 4.78 is 0. The monoisotopic (exact) mass is 221 g/mol. The molecule has 2 rings (SSSR count). The average molecular weight is 221 g/mol. The fourth-order valence-electron chi connectivity index (χ4n) is 1.17. The van der Waals surface area contributed by atoms with E-state index in [0.717, 1.165) is 0 Å². The predicted molar refractivity (Wildman–Crippen MR) is 62.5 cm³/mol. The fourth-order valence-corrected chi connectivity index (χ4v) is 1.81. The standard InChI is InChI=1S/C9H11N5S/c10-7-4-8(14-9(11)13-7)12-5-6-2-1-3-15-6/h1-4H,5H2,(H5,10,11,12,13,14). The van der Waals surface area contributed by atoms with Gasteiger partial charge in [-0.1, -0.05) is 6.07 Å². The lowest BCUT2D eigenvalue weighted by molar-refractivity contribution is 1.11. The van der Waals surface area contributed by atoms with Crippen molar-refractivity contribution in [3.8, 4) is 0 Å². The Morgan fingerprint density at radius 1 is 1.33 bits per heavy atom. The summed E-state index contributed by atoms with van der Waals surface area (Å²) in [7, 11) is 0. The summed E-state index contributed by atoms with van der Waals surface area (Å²) >= 11 is 1.68. The van der Waals surface area contributed by atoms with E-state index in [9.17, 15) is 0 Å². The van der Waals surface area contributed by atoms with Gasteiger partial charge in [-0.3, -0.25) is 0 Å². The van der Waals surface area contributed by atoms with Crippen molar-refractivity contribution in [3.63, 3.8) is 0 Å². The lowest BCUT2D eigenvalue weighted by Gasteiger charge is -2.04. The molecule has 6 heteroatoms. The molecule has 0 unspecified atom stereocenters. The van der Waals surface area contributed by atoms with Gasteiger partial charge in [-0.15, -0.1) is 11.3 Å². The minimum Gasteiger partial charge on any atom is -0.383 e. The smallest absolute Gasteiger partial charge is 0.223 e. The number of anilines is 3. The summed E-state index contributed by atoms with van der Waals surface area (Å²) in [6, 6.07) is 5.71. The highest BCUT2D eigenvalue weighted by atomic mass is 32.1. The van der Waals surface area contributed by atoms with Gasteiger partial charge in [-0.25, -0.2) is 0 Å². The van der Waals surface area contributed by atoms with Gasteiger partial charge in [0.15, 0.2) is 0 Å². The molecule has 0 saturated carbocycles. The van der Waals surface area contributed by atoms with Crippen LogP contribution in [0, 0.1) is 0 Å². The molecule has 0 atom stereocenters. The van der Waals surface area contributed by atoms with E-state index in [-0.39, 0.29) is 5.95 Å². The molecule has 2 aromatic heterocycles. The first-order valence-corrected chi connectivity index (χ1v) is 5.28. The third-order valence-electron chi connectivity index (χ3n) is 1.79. The van der Waals surface area contributed by atoms with Gasteiger partial charge in [0.25, 0.3) is 0 Å². The van der Waals surface area contributed by atoms with E-state index in [0.29, 0.717) is 18.2 Å². The van der Waals surface area contributed by atoms with Crippen molar-refractivity contribution in [1.82, 2.24) is 9.97 Å². The number of hydrogen-bond acceptors (Lipinski definition) is 6. The predicted octanol–water partition coefficient (Wildman–Crippen LogP) is 1.31. The number of nitrogens with two attached hydrogens (primary N) is 2. The van der Waals surface area contributed by atoms with Crippen molar-refractivity contribution < 1.29 is 0 Å². The Kier molecular flexibility index (Phi) is 2.68. The van der Waals surface area contributed by atoms with Crippen LogP contribution in [0.2, 0.25) is 0 Å². The van der Waals surface area contributed by atoms with Crippen LogP contribution in [-0.2, 0) is 6.54 Å². The molecule has 0 amide bonds. The summed E-state index contributed by atoms with van der Waals surface area (Å²) in [4.78, 5) is 9.03. The topological polar surface area (TPSA) is 89.8 Å². The highest BCUT2D eigenvalue weighted by molar-refractivity contribution is 7.09. The molecule has 2 aromatic rings. The molecule has 2 heterocycles. The Labute approximate surface area is 91.2 Å². The van der Waals surface area contributed by atoms with Crippen molar-refractivity contribution in [2.24, 2.45) is 0 Å². The van der Waals surface area contributed by atoms with Gasteiger partial charge < -0.3 is 16.8 Å². The Bertz CT molecular complexity index is 420. The van der Waals surface area contributed by atoms with Crippen molar-refractivity contribution >= 4 is 28.9 Å². The van der Waals surface area contributed by atoms with Crippen molar-refractivity contribution in [3.05, 3.63) is 28.5 Å². The van der Waals surface area contributed by atoms with Crippen LogP contribution in [0.1, 0.15) is 4.88 Å². The number of aromatic nitrogens is 2. The fraction of sp³-hybridized carbons (Fsp3) is 0.111. The molecule has 0 saturated heterocycles. The Hall–Kier alpha value is -1.82. The van der Waals surface area contributed by atoms with Crippen molar-refractivity contribution in [2.75, 3.05) is 16.8 Å². The van der Waals surface area contributed by atoms with Gasteiger partial charge in [-0.05, 0) is 11.4 Å². The maximum atomic E-state index is 5.54. The summed E-state index contributed by atoms with van der Waals surface area (Å²) in [6.07, 6.45) is 0. The largest absolute Gasteiger partial charge is 0.383 e. The number of hydrogen-bond donors (Lipinski definition) is 3. The van der Waals surface area contributed by atoms with Gasteiger partial charge in [0, 0.05) is 10.9 Å². The van der Waals surface area contributed by atoms with E-state index < -0.39 is 0 Å². The van der Waals surface area contributed by atoms with E-state index in [1.807, 2.05) is 17.5 Å². The summed E-state index contributed by atoms with van der Waals surface area (Å²) in [5.41, 5.74) is 11.0. The zero-order valence-electron chi connectivity index (χ0n) is 7.97. The van der Waals surface area contributed by atoms with Crippen LogP contribution in [-0.4, -0.2) is 9.97 Å². The first kappa shape index (κ1) is 9.72. The number of rotatable bonds is 3. The molecule has 0 fully saturated rings. The maximum absolute atomic E-state index is 5.54. The number of nitrogen functional groups attached to an aromatic ring is 2. The normalized spacial score (nSPS) is 10.1. The molecule has 15 heavy (non-hydrogen) atoms. The quantitative estimate of drug-likeness (QED) is 0.727. The van der Waals surface area contributed by atoms with Gasteiger partial charge in [0.1, 0.15) is 11.6 Å². The van der Waals surface area contributed by atoms with Crippen LogP contribution in [0.4, 0.5) is 17.6 Å². The molecule has 0 bridgehead atoms. The van der Waals surface area contributed by atoms with Gasteiger partial charge >= 0.3 is 0 Å². The maximum Gasteiger partial charge on any atom is 0.223 e. The SMILES string of the molecule is Nc1cc(NCc2cccs2)nc(N)n1. The number of thiophene rings is 1. The van der Waals surface area contributed by atoms with Crippen molar-refractivity contribution in [2.45, 2.75) is 6.54 Å². The molecule has 5 nitrogen and oxygen atoms in total. The molecular formula is C9H11N5S. The van der Waals surface area contributed by atoms with Crippen LogP contribution in [0.3, 0.4) is 0 Å². The van der Waals surface area contributed by atoms with Crippen LogP contribution < -0.4 is 16.8 Å². The molecule has 0 aromatic carbocycles. The highest BCUT2D eigenvalue weighted by Crippen LogP contribution is 2.13. The highest BCUT2D eigenvalue weighted by Gasteiger charge is 1.99. The van der Waals surface area contributed by atoms with E-state index >= 15 is 0 Å². The molecule has 0 aliphatic heterocycles. The Morgan fingerprint density at radius 3 is 2.87 bits per heavy atom. The lowest BCUT2D eigenvalue weighted by Crippen LogP contribution is -2.05. The van der Waals surface area contributed by atoms with E-state index in [4.69, 9.17) is 11.5 Å².